The van der Waals surface area contributed by atoms with Crippen molar-refractivity contribution in [2.45, 2.75) is 32.9 Å². The fourth-order valence-corrected chi connectivity index (χ4v) is 1.75. The Morgan fingerprint density at radius 1 is 1.39 bits per heavy atom. The van der Waals surface area contributed by atoms with E-state index >= 15 is 0 Å². The second kappa shape index (κ2) is 6.61. The number of para-hydroxylation sites is 1. The molecule has 100 valence electrons. The summed E-state index contributed by atoms with van der Waals surface area (Å²) in [5.41, 5.74) is 0.570. The highest BCUT2D eigenvalue weighted by molar-refractivity contribution is 6.33. The molecule has 2 amide bonds. The average molecular weight is 271 g/mol. The summed E-state index contributed by atoms with van der Waals surface area (Å²) in [6.45, 7) is 5.73. The zero-order valence-electron chi connectivity index (χ0n) is 10.9. The van der Waals surface area contributed by atoms with Gasteiger partial charge in [-0.2, -0.15) is 0 Å². The summed E-state index contributed by atoms with van der Waals surface area (Å²) in [6, 6.07) is 6.79. The van der Waals surface area contributed by atoms with E-state index in [0.717, 1.165) is 0 Å². The number of benzene rings is 1. The highest BCUT2D eigenvalue weighted by Gasteiger charge is 2.19. The number of rotatable bonds is 4. The van der Waals surface area contributed by atoms with Gasteiger partial charge in [-0.3, -0.25) is 0 Å². The second-order valence-electron chi connectivity index (χ2n) is 4.51. The molecule has 0 aliphatic carbocycles. The number of urea groups is 1. The van der Waals surface area contributed by atoms with Crippen LogP contribution in [0.25, 0.3) is 0 Å². The minimum Gasteiger partial charge on any atom is -0.392 e. The van der Waals surface area contributed by atoms with Gasteiger partial charge in [-0.15, -0.1) is 0 Å². The minimum atomic E-state index is -0.565. The average Bonchev–Trinajstić information content (AvgIpc) is 2.28. The van der Waals surface area contributed by atoms with E-state index in [4.69, 9.17) is 11.6 Å². The predicted octanol–water partition coefficient (Wildman–Crippen LogP) is 2.96. The van der Waals surface area contributed by atoms with Gasteiger partial charge < -0.3 is 15.3 Å². The smallest absolute Gasteiger partial charge is 0.322 e. The molecule has 2 N–H and O–H groups in total. The van der Waals surface area contributed by atoms with Gasteiger partial charge in [-0.1, -0.05) is 23.7 Å². The molecule has 0 unspecified atom stereocenters. The molecule has 5 heteroatoms. The standard InChI is InChI=1S/C13H19ClN2O2/c1-9(2)16(8-10(3)17)13(18)15-12-7-5-4-6-11(12)14/h4-7,9-10,17H,8H2,1-3H3,(H,15,18)/t10-/m0/s1. The van der Waals surface area contributed by atoms with Crippen LogP contribution >= 0.6 is 11.6 Å². The predicted molar refractivity (Wildman–Crippen MR) is 74.0 cm³/mol. The van der Waals surface area contributed by atoms with Gasteiger partial charge in [0, 0.05) is 12.6 Å². The highest BCUT2D eigenvalue weighted by atomic mass is 35.5. The van der Waals surface area contributed by atoms with E-state index in [9.17, 15) is 9.90 Å². The van der Waals surface area contributed by atoms with E-state index in [1.807, 2.05) is 13.8 Å². The molecule has 0 fully saturated rings. The van der Waals surface area contributed by atoms with Crippen molar-refractivity contribution in [3.05, 3.63) is 29.3 Å². The molecule has 0 saturated carbocycles. The van der Waals surface area contributed by atoms with Crippen molar-refractivity contribution >= 4 is 23.3 Å². The van der Waals surface area contributed by atoms with Crippen LogP contribution in [-0.4, -0.2) is 34.7 Å². The third-order valence-electron chi connectivity index (χ3n) is 2.46. The van der Waals surface area contributed by atoms with Gasteiger partial charge in [0.25, 0.3) is 0 Å². The number of carbonyl (C=O) groups is 1. The Morgan fingerprint density at radius 3 is 2.50 bits per heavy atom. The van der Waals surface area contributed by atoms with Crippen LogP contribution in [0.1, 0.15) is 20.8 Å². The quantitative estimate of drug-likeness (QED) is 0.884. The van der Waals surface area contributed by atoms with Crippen LogP contribution in [0.15, 0.2) is 24.3 Å². The third-order valence-corrected chi connectivity index (χ3v) is 2.79. The Morgan fingerprint density at radius 2 is 2.00 bits per heavy atom. The lowest BCUT2D eigenvalue weighted by molar-refractivity contribution is 0.125. The maximum Gasteiger partial charge on any atom is 0.322 e. The van der Waals surface area contributed by atoms with Gasteiger partial charge in [0.15, 0.2) is 0 Å². The van der Waals surface area contributed by atoms with Gasteiger partial charge in [-0.05, 0) is 32.9 Å². The molecule has 0 saturated heterocycles. The number of anilines is 1. The minimum absolute atomic E-state index is 0.00193. The number of nitrogens with zero attached hydrogens (tertiary/aromatic N) is 1. The normalized spacial score (nSPS) is 12.3. The number of hydrogen-bond donors (Lipinski definition) is 2. The van der Waals surface area contributed by atoms with Gasteiger partial charge >= 0.3 is 6.03 Å². The van der Waals surface area contributed by atoms with Crippen molar-refractivity contribution in [2.24, 2.45) is 0 Å². The van der Waals surface area contributed by atoms with Crippen molar-refractivity contribution in [2.75, 3.05) is 11.9 Å². The number of nitrogens with one attached hydrogen (secondary N) is 1. The van der Waals surface area contributed by atoms with E-state index in [-0.39, 0.29) is 18.6 Å². The van der Waals surface area contributed by atoms with Crippen LogP contribution in [0.5, 0.6) is 0 Å². The molecule has 0 aliphatic heterocycles. The largest absolute Gasteiger partial charge is 0.392 e. The molecule has 1 aromatic carbocycles. The first-order valence-corrected chi connectivity index (χ1v) is 6.29. The molecule has 0 spiro atoms. The molecular weight excluding hydrogens is 252 g/mol. The lowest BCUT2D eigenvalue weighted by atomic mass is 10.3. The number of amides is 2. The topological polar surface area (TPSA) is 52.6 Å². The SMILES string of the molecule is CC(C)N(C[C@H](C)O)C(=O)Nc1ccccc1Cl. The summed E-state index contributed by atoms with van der Waals surface area (Å²) in [7, 11) is 0. The fraction of sp³-hybridized carbons (Fsp3) is 0.462. The van der Waals surface area contributed by atoms with Crippen molar-refractivity contribution in [1.82, 2.24) is 4.90 Å². The molecule has 0 aromatic heterocycles. The molecule has 1 rings (SSSR count). The Labute approximate surface area is 113 Å². The van der Waals surface area contributed by atoms with Crippen LogP contribution in [0.4, 0.5) is 10.5 Å². The van der Waals surface area contributed by atoms with Crippen molar-refractivity contribution in [3.63, 3.8) is 0 Å². The van der Waals surface area contributed by atoms with Gasteiger partial charge in [0.05, 0.1) is 16.8 Å². The second-order valence-corrected chi connectivity index (χ2v) is 4.91. The molecular formula is C13H19ClN2O2. The lowest BCUT2D eigenvalue weighted by Gasteiger charge is -2.28. The zero-order chi connectivity index (χ0) is 13.7. The summed E-state index contributed by atoms with van der Waals surface area (Å²) >= 11 is 5.98. The molecule has 0 radical (unpaired) electrons. The summed E-state index contributed by atoms with van der Waals surface area (Å²) < 4.78 is 0. The number of aliphatic hydroxyl groups excluding tert-OH is 1. The van der Waals surface area contributed by atoms with E-state index in [1.165, 1.54) is 0 Å². The molecule has 0 heterocycles. The lowest BCUT2D eigenvalue weighted by Crippen LogP contribution is -2.43. The zero-order valence-corrected chi connectivity index (χ0v) is 11.6. The van der Waals surface area contributed by atoms with Crippen LogP contribution in [-0.2, 0) is 0 Å². The third kappa shape index (κ3) is 4.20. The van der Waals surface area contributed by atoms with Crippen LogP contribution in [0.3, 0.4) is 0 Å². The Hall–Kier alpha value is -1.26. The van der Waals surface area contributed by atoms with Crippen molar-refractivity contribution in [3.8, 4) is 0 Å². The van der Waals surface area contributed by atoms with E-state index in [0.29, 0.717) is 10.7 Å². The number of aliphatic hydroxyl groups is 1. The number of hydrogen-bond acceptors (Lipinski definition) is 2. The molecule has 18 heavy (non-hydrogen) atoms. The fourth-order valence-electron chi connectivity index (χ4n) is 1.56. The Bertz CT molecular complexity index is 408. The molecule has 1 atom stereocenters. The maximum absolute atomic E-state index is 12.1. The Kier molecular flexibility index (Phi) is 5.44. The van der Waals surface area contributed by atoms with Crippen molar-refractivity contribution < 1.29 is 9.90 Å². The van der Waals surface area contributed by atoms with Crippen LogP contribution in [0, 0.1) is 0 Å². The first kappa shape index (κ1) is 14.8. The van der Waals surface area contributed by atoms with Crippen LogP contribution < -0.4 is 5.32 Å². The number of carbonyl (C=O) groups excluding carboxylic acids is 1. The summed E-state index contributed by atoms with van der Waals surface area (Å²) in [6.07, 6.45) is -0.565. The van der Waals surface area contributed by atoms with E-state index in [1.54, 1.807) is 36.1 Å². The van der Waals surface area contributed by atoms with Gasteiger partial charge in [0.2, 0.25) is 0 Å². The summed E-state index contributed by atoms with van der Waals surface area (Å²) in [5.74, 6) is 0. The van der Waals surface area contributed by atoms with E-state index < -0.39 is 6.10 Å². The first-order chi connectivity index (χ1) is 8.41. The molecule has 0 bridgehead atoms. The number of halogens is 1. The van der Waals surface area contributed by atoms with E-state index in [2.05, 4.69) is 5.32 Å². The molecule has 0 aliphatic rings. The highest BCUT2D eigenvalue weighted by Crippen LogP contribution is 2.21. The molecule has 4 nitrogen and oxygen atoms in total. The van der Waals surface area contributed by atoms with Crippen LogP contribution in [0.2, 0.25) is 5.02 Å². The Balaban J connectivity index is 2.76. The van der Waals surface area contributed by atoms with Crippen molar-refractivity contribution in [1.29, 1.82) is 0 Å². The summed E-state index contributed by atoms with van der Waals surface area (Å²) in [5, 5.41) is 12.6. The van der Waals surface area contributed by atoms with Gasteiger partial charge in [-0.25, -0.2) is 4.79 Å². The molecule has 1 aromatic rings. The monoisotopic (exact) mass is 270 g/mol. The summed E-state index contributed by atoms with van der Waals surface area (Å²) in [4.78, 5) is 13.7. The first-order valence-electron chi connectivity index (χ1n) is 5.92. The maximum atomic E-state index is 12.1. The van der Waals surface area contributed by atoms with Gasteiger partial charge in [0.1, 0.15) is 0 Å².